The number of nitrogens with zero attached hydrogens (tertiary/aromatic N) is 4. The molecule has 1 aromatic carbocycles. The molecule has 1 atom stereocenters. The molecule has 0 amide bonds. The maximum absolute atomic E-state index is 12.7. The van der Waals surface area contributed by atoms with Crippen molar-refractivity contribution >= 4 is 15.4 Å². The van der Waals surface area contributed by atoms with Crippen LogP contribution in [-0.4, -0.2) is 23.7 Å². The van der Waals surface area contributed by atoms with Crippen LogP contribution in [-0.2, 0) is 21.7 Å². The zero-order chi connectivity index (χ0) is 19.9. The molecular weight excluding hydrogens is 395 g/mol. The first-order valence-corrected chi connectivity index (χ1v) is 9.65. The standard InChI is InChI=1S/C17H12F3N5O2S/c18-17(19,20)16-23-15(24-27-16)11-6-7-25-9-12(22-14(25)8-11)10-28(21,26)13-4-2-1-3-5-13/h1-9,21H,10H2. The topological polar surface area (TPSA) is 97.1 Å². The first kappa shape index (κ1) is 18.2. The number of alkyl halides is 3. The fourth-order valence-corrected chi connectivity index (χ4v) is 3.95. The summed E-state index contributed by atoms with van der Waals surface area (Å²) in [6.45, 7) is 0. The molecule has 0 fully saturated rings. The van der Waals surface area contributed by atoms with E-state index in [1.54, 1.807) is 47.1 Å². The lowest BCUT2D eigenvalue weighted by molar-refractivity contribution is -0.159. The Morgan fingerprint density at radius 3 is 2.57 bits per heavy atom. The summed E-state index contributed by atoms with van der Waals surface area (Å²) in [6.07, 6.45) is -1.53. The Bertz CT molecular complexity index is 1250. The summed E-state index contributed by atoms with van der Waals surface area (Å²) in [7, 11) is -3.08. The number of hydrogen-bond donors (Lipinski definition) is 1. The molecule has 0 saturated carbocycles. The summed E-state index contributed by atoms with van der Waals surface area (Å²) in [5.74, 6) is -1.73. The largest absolute Gasteiger partial charge is 0.471 e. The van der Waals surface area contributed by atoms with Crippen LogP contribution in [0.4, 0.5) is 13.2 Å². The smallest absolute Gasteiger partial charge is 0.329 e. The molecule has 144 valence electrons. The van der Waals surface area contributed by atoms with Crippen LogP contribution in [0.25, 0.3) is 17.0 Å². The second-order valence-electron chi connectivity index (χ2n) is 5.97. The Balaban J connectivity index is 1.65. The number of rotatable bonds is 4. The van der Waals surface area contributed by atoms with Crippen LogP contribution in [0.3, 0.4) is 0 Å². The van der Waals surface area contributed by atoms with Crippen LogP contribution in [0, 0.1) is 4.78 Å². The molecule has 0 bridgehead atoms. The first-order chi connectivity index (χ1) is 13.2. The second kappa shape index (κ2) is 6.44. The molecule has 11 heteroatoms. The van der Waals surface area contributed by atoms with Crippen molar-refractivity contribution < 1.29 is 21.9 Å². The number of hydrogen-bond acceptors (Lipinski definition) is 6. The summed E-state index contributed by atoms with van der Waals surface area (Å²) in [5, 5.41) is 3.35. The Labute approximate surface area is 156 Å². The molecule has 0 aliphatic rings. The molecular formula is C17H12F3N5O2S. The summed E-state index contributed by atoms with van der Waals surface area (Å²) in [5.41, 5.74) is 1.11. The van der Waals surface area contributed by atoms with E-state index in [0.29, 0.717) is 21.8 Å². The number of fused-ring (bicyclic) bond motifs is 1. The highest BCUT2D eigenvalue weighted by molar-refractivity contribution is 7.91. The zero-order valence-electron chi connectivity index (χ0n) is 14.1. The number of halogens is 3. The van der Waals surface area contributed by atoms with Crippen molar-refractivity contribution in [1.82, 2.24) is 19.5 Å². The minimum Gasteiger partial charge on any atom is -0.329 e. The van der Waals surface area contributed by atoms with Crippen molar-refractivity contribution in [3.05, 3.63) is 66.4 Å². The molecule has 0 spiro atoms. The van der Waals surface area contributed by atoms with Gasteiger partial charge in [-0.05, 0) is 24.3 Å². The Morgan fingerprint density at radius 1 is 1.14 bits per heavy atom. The van der Waals surface area contributed by atoms with E-state index in [2.05, 4.69) is 19.6 Å². The number of benzene rings is 1. The minimum atomic E-state index is -4.72. The molecule has 4 rings (SSSR count). The lowest BCUT2D eigenvalue weighted by Crippen LogP contribution is -2.04. The third kappa shape index (κ3) is 3.48. The van der Waals surface area contributed by atoms with Crippen molar-refractivity contribution in [1.29, 1.82) is 4.78 Å². The maximum atomic E-state index is 12.7. The number of nitrogens with one attached hydrogen (secondary N) is 1. The lowest BCUT2D eigenvalue weighted by atomic mass is 10.2. The van der Waals surface area contributed by atoms with E-state index in [1.165, 1.54) is 12.1 Å². The van der Waals surface area contributed by atoms with E-state index in [4.69, 9.17) is 4.78 Å². The van der Waals surface area contributed by atoms with Crippen molar-refractivity contribution in [3.8, 4) is 11.4 Å². The van der Waals surface area contributed by atoms with Gasteiger partial charge in [0.1, 0.15) is 5.65 Å². The number of aromatic nitrogens is 4. The zero-order valence-corrected chi connectivity index (χ0v) is 14.9. The summed E-state index contributed by atoms with van der Waals surface area (Å²) in [6, 6.07) is 11.4. The third-order valence-corrected chi connectivity index (χ3v) is 5.65. The molecule has 7 nitrogen and oxygen atoms in total. The second-order valence-corrected chi connectivity index (χ2v) is 8.08. The Kier molecular flexibility index (Phi) is 4.18. The van der Waals surface area contributed by atoms with E-state index >= 15 is 0 Å². The van der Waals surface area contributed by atoms with Gasteiger partial charge in [0, 0.05) is 22.9 Å². The van der Waals surface area contributed by atoms with E-state index in [-0.39, 0.29) is 11.6 Å². The first-order valence-electron chi connectivity index (χ1n) is 7.93. The van der Waals surface area contributed by atoms with Crippen LogP contribution in [0.1, 0.15) is 11.6 Å². The molecule has 3 aromatic heterocycles. The van der Waals surface area contributed by atoms with Gasteiger partial charge in [-0.25, -0.2) is 14.0 Å². The predicted octanol–water partition coefficient (Wildman–Crippen LogP) is 4.01. The maximum Gasteiger partial charge on any atom is 0.471 e. The average Bonchev–Trinajstić information content (AvgIpc) is 3.27. The van der Waals surface area contributed by atoms with Gasteiger partial charge >= 0.3 is 12.1 Å². The highest BCUT2D eigenvalue weighted by Gasteiger charge is 2.38. The molecule has 0 aliphatic carbocycles. The molecule has 4 aromatic rings. The molecule has 3 heterocycles. The lowest BCUT2D eigenvalue weighted by Gasteiger charge is -2.04. The van der Waals surface area contributed by atoms with Crippen LogP contribution in [0.15, 0.2) is 64.3 Å². The molecule has 0 saturated heterocycles. The van der Waals surface area contributed by atoms with E-state index < -0.39 is 21.8 Å². The van der Waals surface area contributed by atoms with Gasteiger partial charge in [-0.3, -0.25) is 0 Å². The van der Waals surface area contributed by atoms with Gasteiger partial charge in [0.15, 0.2) is 0 Å². The number of pyridine rings is 1. The monoisotopic (exact) mass is 407 g/mol. The average molecular weight is 407 g/mol. The molecule has 0 radical (unpaired) electrons. The van der Waals surface area contributed by atoms with Gasteiger partial charge in [0.2, 0.25) is 5.82 Å². The molecule has 1 unspecified atom stereocenters. The van der Waals surface area contributed by atoms with Crippen LogP contribution in [0.5, 0.6) is 0 Å². The van der Waals surface area contributed by atoms with Gasteiger partial charge in [-0.2, -0.15) is 18.2 Å². The Hall–Kier alpha value is -3.21. The molecule has 28 heavy (non-hydrogen) atoms. The Morgan fingerprint density at radius 2 is 1.89 bits per heavy atom. The van der Waals surface area contributed by atoms with E-state index in [0.717, 1.165) is 0 Å². The number of imidazole rings is 1. The minimum absolute atomic E-state index is 0.0888. The normalized spacial score (nSPS) is 14.2. The van der Waals surface area contributed by atoms with Crippen molar-refractivity contribution in [2.75, 3.05) is 0 Å². The SMILES string of the molecule is N=S(=O)(Cc1cn2ccc(-c3noc(C(F)(F)F)n3)cc2n1)c1ccccc1. The fraction of sp³-hybridized carbons (Fsp3) is 0.118. The van der Waals surface area contributed by atoms with Crippen LogP contribution >= 0.6 is 0 Å². The van der Waals surface area contributed by atoms with Gasteiger partial charge in [0.25, 0.3) is 0 Å². The van der Waals surface area contributed by atoms with Gasteiger partial charge in [0.05, 0.1) is 21.2 Å². The van der Waals surface area contributed by atoms with Crippen molar-refractivity contribution in [3.63, 3.8) is 0 Å². The fourth-order valence-electron chi connectivity index (χ4n) is 2.63. The molecule has 1 N–H and O–H groups in total. The van der Waals surface area contributed by atoms with Crippen LogP contribution < -0.4 is 0 Å². The van der Waals surface area contributed by atoms with Gasteiger partial charge < -0.3 is 8.92 Å². The van der Waals surface area contributed by atoms with Crippen molar-refractivity contribution in [2.45, 2.75) is 16.8 Å². The van der Waals surface area contributed by atoms with E-state index in [9.17, 15) is 17.4 Å². The van der Waals surface area contributed by atoms with Crippen molar-refractivity contribution in [2.24, 2.45) is 0 Å². The van der Waals surface area contributed by atoms with Gasteiger partial charge in [-0.1, -0.05) is 23.4 Å². The van der Waals surface area contributed by atoms with E-state index in [1.807, 2.05) is 0 Å². The quantitative estimate of drug-likeness (QED) is 0.551. The molecule has 0 aliphatic heterocycles. The predicted molar refractivity (Wildman–Crippen MR) is 92.8 cm³/mol. The van der Waals surface area contributed by atoms with Gasteiger partial charge in [-0.15, -0.1) is 0 Å². The highest BCUT2D eigenvalue weighted by atomic mass is 32.2. The third-order valence-electron chi connectivity index (χ3n) is 3.91. The highest BCUT2D eigenvalue weighted by Crippen LogP contribution is 2.29. The summed E-state index contributed by atoms with van der Waals surface area (Å²) >= 11 is 0. The van der Waals surface area contributed by atoms with Crippen LogP contribution in [0.2, 0.25) is 0 Å². The summed E-state index contributed by atoms with van der Waals surface area (Å²) < 4.78 is 64.5. The summed E-state index contributed by atoms with van der Waals surface area (Å²) in [4.78, 5) is 8.07.